The second-order valence-electron chi connectivity index (χ2n) is 13.8. The third kappa shape index (κ3) is 6.88. The van der Waals surface area contributed by atoms with E-state index in [0.717, 1.165) is 66.8 Å². The number of nitrogens with two attached hydrogens (primary N) is 1. The van der Waals surface area contributed by atoms with Crippen molar-refractivity contribution in [3.05, 3.63) is 205 Å². The molecule has 57 heavy (non-hydrogen) atoms. The van der Waals surface area contributed by atoms with E-state index in [-0.39, 0.29) is 11.4 Å². The predicted octanol–water partition coefficient (Wildman–Crippen LogP) is 12.0. The Kier molecular flexibility index (Phi) is 9.26. The number of hydrogen-bond donors (Lipinski definition) is 3. The van der Waals surface area contributed by atoms with Crippen LogP contribution in [0, 0.1) is 10.8 Å². The molecule has 0 unspecified atom stereocenters. The first kappa shape index (κ1) is 34.9. The second-order valence-corrected chi connectivity index (χ2v) is 13.8. The van der Waals surface area contributed by atoms with Crippen LogP contribution < -0.4 is 5.73 Å². The first-order valence-corrected chi connectivity index (χ1v) is 18.7. The van der Waals surface area contributed by atoms with Crippen LogP contribution in [0.4, 0.5) is 5.69 Å². The highest BCUT2D eigenvalue weighted by Gasteiger charge is 2.23. The molecule has 270 valence electrons. The van der Waals surface area contributed by atoms with Crippen molar-refractivity contribution in [2.24, 2.45) is 0 Å². The van der Waals surface area contributed by atoms with Gasteiger partial charge in [0.2, 0.25) is 0 Å². The van der Waals surface area contributed by atoms with Gasteiger partial charge in [-0.05, 0) is 62.7 Å². The molecule has 6 heteroatoms. The summed E-state index contributed by atoms with van der Waals surface area (Å²) in [4.78, 5) is 15.4. The zero-order chi connectivity index (χ0) is 38.7. The number of anilines is 1. The van der Waals surface area contributed by atoms with E-state index >= 15 is 0 Å². The molecular formula is C51H36N6. The van der Waals surface area contributed by atoms with E-state index in [2.05, 4.69) is 42.5 Å². The van der Waals surface area contributed by atoms with E-state index in [1.165, 1.54) is 0 Å². The summed E-state index contributed by atoms with van der Waals surface area (Å²) in [5.41, 5.74) is 19.2. The quantitative estimate of drug-likeness (QED) is 0.107. The van der Waals surface area contributed by atoms with Gasteiger partial charge in [-0.25, -0.2) is 15.0 Å². The normalized spacial score (nSPS) is 12.6. The Morgan fingerprint density at radius 2 is 0.702 bits per heavy atom. The van der Waals surface area contributed by atoms with Gasteiger partial charge < -0.3 is 5.73 Å². The van der Waals surface area contributed by atoms with Crippen LogP contribution in [0.25, 0.3) is 78.7 Å². The van der Waals surface area contributed by atoms with Crippen molar-refractivity contribution in [1.82, 2.24) is 15.0 Å². The molecule has 1 aromatic heterocycles. The summed E-state index contributed by atoms with van der Waals surface area (Å²) in [6, 6.07) is 60.6. The number of benzene rings is 7. The highest BCUT2D eigenvalue weighted by Crippen LogP contribution is 2.40. The summed E-state index contributed by atoms with van der Waals surface area (Å²) in [6.45, 7) is 0. The van der Waals surface area contributed by atoms with Gasteiger partial charge >= 0.3 is 0 Å². The van der Waals surface area contributed by atoms with Gasteiger partial charge in [-0.1, -0.05) is 176 Å². The molecule has 0 saturated carbocycles. The number of nitrogens with zero attached hydrogens (tertiary/aromatic N) is 3. The zero-order valence-electron chi connectivity index (χ0n) is 30.9. The summed E-state index contributed by atoms with van der Waals surface area (Å²) in [6.07, 6.45) is 3.90. The Morgan fingerprint density at radius 1 is 0.316 bits per heavy atom. The Bertz CT molecular complexity index is 2890. The molecule has 0 radical (unpaired) electrons. The molecule has 9 rings (SSSR count). The maximum atomic E-state index is 9.02. The lowest BCUT2D eigenvalue weighted by Gasteiger charge is -2.19. The van der Waals surface area contributed by atoms with Gasteiger partial charge in [-0.15, -0.1) is 0 Å². The Morgan fingerprint density at radius 3 is 1.30 bits per heavy atom. The smallest absolute Gasteiger partial charge is 0.164 e. The molecule has 1 aliphatic rings. The number of aromatic nitrogens is 3. The SMILES string of the molecule is N=C1C(=N)C(c2cccc(-c3ccccc3-c3ccccc3-c3nc(-c4ccccc4)nc(-c4ccccc4-c4cccc(N)c4)n3)c2)=CC=C1c1ccccc1. The van der Waals surface area contributed by atoms with Crippen molar-refractivity contribution in [2.75, 3.05) is 5.73 Å². The van der Waals surface area contributed by atoms with Gasteiger partial charge in [0, 0.05) is 33.5 Å². The van der Waals surface area contributed by atoms with E-state index < -0.39 is 0 Å². The highest BCUT2D eigenvalue weighted by atomic mass is 15.0. The second kappa shape index (κ2) is 15.1. The molecule has 0 saturated heterocycles. The van der Waals surface area contributed by atoms with Crippen LogP contribution >= 0.6 is 0 Å². The molecule has 1 heterocycles. The van der Waals surface area contributed by atoms with Crippen LogP contribution in [0.15, 0.2) is 194 Å². The maximum absolute atomic E-state index is 9.02. The lowest BCUT2D eigenvalue weighted by molar-refractivity contribution is 1.07. The van der Waals surface area contributed by atoms with E-state index in [4.69, 9.17) is 31.5 Å². The van der Waals surface area contributed by atoms with Crippen molar-refractivity contribution in [3.63, 3.8) is 0 Å². The van der Waals surface area contributed by atoms with Gasteiger partial charge in [-0.3, -0.25) is 10.8 Å². The average Bonchev–Trinajstić information content (AvgIpc) is 3.28. The highest BCUT2D eigenvalue weighted by molar-refractivity contribution is 6.68. The minimum absolute atomic E-state index is 0.198. The molecular weight excluding hydrogens is 697 g/mol. The lowest BCUT2D eigenvalue weighted by Crippen LogP contribution is -2.18. The molecule has 1 aliphatic carbocycles. The standard InChI is InChI=1S/C51H36N6/c52-38-22-14-21-37(32-38)40-24-8-11-27-45(40)50-55-49(34-17-5-2-6-18-34)56-51(57-50)46-28-12-10-26-44(46)43-25-9-7-23-39(43)35-19-13-20-36(31-35)42-30-29-41(47(53)48(42)54)33-15-3-1-4-16-33/h1-32,53-54H,52H2. The lowest BCUT2D eigenvalue weighted by atomic mass is 9.85. The first-order chi connectivity index (χ1) is 28.0. The fraction of sp³-hybridized carbons (Fsp3) is 0. The van der Waals surface area contributed by atoms with E-state index in [0.29, 0.717) is 28.7 Å². The van der Waals surface area contributed by atoms with E-state index in [9.17, 15) is 0 Å². The summed E-state index contributed by atoms with van der Waals surface area (Å²) in [7, 11) is 0. The fourth-order valence-electron chi connectivity index (χ4n) is 7.41. The minimum Gasteiger partial charge on any atom is -0.399 e. The summed E-state index contributed by atoms with van der Waals surface area (Å²) < 4.78 is 0. The molecule has 6 nitrogen and oxygen atoms in total. The molecule has 0 spiro atoms. The maximum Gasteiger partial charge on any atom is 0.164 e. The van der Waals surface area contributed by atoms with Crippen molar-refractivity contribution in [2.45, 2.75) is 0 Å². The van der Waals surface area contributed by atoms with Crippen molar-refractivity contribution < 1.29 is 0 Å². The van der Waals surface area contributed by atoms with Crippen LogP contribution in [-0.2, 0) is 0 Å². The fourth-order valence-corrected chi connectivity index (χ4v) is 7.41. The molecule has 0 fully saturated rings. The average molecular weight is 733 g/mol. The molecule has 0 bridgehead atoms. The summed E-state index contributed by atoms with van der Waals surface area (Å²) >= 11 is 0. The van der Waals surface area contributed by atoms with Crippen LogP contribution in [0.2, 0.25) is 0 Å². The van der Waals surface area contributed by atoms with Gasteiger partial charge in [0.1, 0.15) is 0 Å². The summed E-state index contributed by atoms with van der Waals surface area (Å²) in [5, 5.41) is 17.9. The largest absolute Gasteiger partial charge is 0.399 e. The molecule has 0 aliphatic heterocycles. The summed E-state index contributed by atoms with van der Waals surface area (Å²) in [5.74, 6) is 1.69. The van der Waals surface area contributed by atoms with E-state index in [1.54, 1.807) is 0 Å². The minimum atomic E-state index is 0.198. The van der Waals surface area contributed by atoms with Gasteiger partial charge in [0.05, 0.1) is 11.4 Å². The number of hydrogen-bond acceptors (Lipinski definition) is 6. The number of allylic oxidation sites excluding steroid dienone is 4. The molecule has 4 N–H and O–H groups in total. The molecule has 8 aromatic rings. The predicted molar refractivity (Wildman–Crippen MR) is 235 cm³/mol. The topological polar surface area (TPSA) is 112 Å². The van der Waals surface area contributed by atoms with Crippen LogP contribution in [0.5, 0.6) is 0 Å². The molecule has 0 amide bonds. The number of nitrogens with one attached hydrogen (secondary N) is 2. The monoisotopic (exact) mass is 732 g/mol. The first-order valence-electron chi connectivity index (χ1n) is 18.7. The third-order valence-corrected chi connectivity index (χ3v) is 10.2. The number of nitrogen functional groups attached to an aromatic ring is 1. The Hall–Kier alpha value is -7.83. The third-order valence-electron chi connectivity index (χ3n) is 10.2. The van der Waals surface area contributed by atoms with Crippen LogP contribution in [0.3, 0.4) is 0 Å². The van der Waals surface area contributed by atoms with Crippen LogP contribution in [0.1, 0.15) is 11.1 Å². The zero-order valence-corrected chi connectivity index (χ0v) is 30.9. The Balaban J connectivity index is 1.17. The Labute approximate surface area is 331 Å². The van der Waals surface area contributed by atoms with Gasteiger partial charge in [-0.2, -0.15) is 0 Å². The van der Waals surface area contributed by atoms with Crippen molar-refractivity contribution in [3.8, 4) is 67.5 Å². The van der Waals surface area contributed by atoms with Crippen molar-refractivity contribution >= 4 is 28.3 Å². The molecule has 7 aromatic carbocycles. The van der Waals surface area contributed by atoms with Gasteiger partial charge in [0.25, 0.3) is 0 Å². The van der Waals surface area contributed by atoms with Gasteiger partial charge in [0.15, 0.2) is 17.5 Å². The van der Waals surface area contributed by atoms with Crippen LogP contribution in [-0.4, -0.2) is 26.4 Å². The molecule has 0 atom stereocenters. The van der Waals surface area contributed by atoms with Crippen molar-refractivity contribution in [1.29, 1.82) is 10.8 Å². The number of rotatable bonds is 8. The van der Waals surface area contributed by atoms with E-state index in [1.807, 2.05) is 152 Å².